The molecule has 5 atom stereocenters. The minimum absolute atomic E-state index is 0.0240. The van der Waals surface area contributed by atoms with Crippen LogP contribution in [0.4, 0.5) is 4.79 Å². The van der Waals surface area contributed by atoms with Crippen LogP contribution in [0.25, 0.3) is 10.8 Å². The summed E-state index contributed by atoms with van der Waals surface area (Å²) < 4.78 is 10.3. The third-order valence-corrected chi connectivity index (χ3v) is 8.47. The Hall–Kier alpha value is -5.23. The van der Waals surface area contributed by atoms with Crippen molar-refractivity contribution in [3.63, 3.8) is 0 Å². The molecule has 0 aromatic heterocycles. The molecule has 3 aliphatic rings. The van der Waals surface area contributed by atoms with Gasteiger partial charge in [-0.3, -0.25) is 19.2 Å². The third-order valence-electron chi connectivity index (χ3n) is 8.47. The van der Waals surface area contributed by atoms with Crippen LogP contribution in [0.1, 0.15) is 35.2 Å². The van der Waals surface area contributed by atoms with E-state index < -0.39 is 60.2 Å². The first kappa shape index (κ1) is 30.8. The van der Waals surface area contributed by atoms with Crippen molar-refractivity contribution in [3.05, 3.63) is 96.1 Å². The molecule has 12 heteroatoms. The van der Waals surface area contributed by atoms with E-state index >= 15 is 0 Å². The van der Waals surface area contributed by atoms with Gasteiger partial charge in [-0.1, -0.05) is 78.9 Å². The van der Waals surface area contributed by atoms with E-state index in [4.69, 9.17) is 9.47 Å². The summed E-state index contributed by atoms with van der Waals surface area (Å²) in [5.74, 6) is -2.27. The summed E-state index contributed by atoms with van der Waals surface area (Å²) in [6.45, 7) is -0.0889. The van der Waals surface area contributed by atoms with Gasteiger partial charge in [0.15, 0.2) is 0 Å². The number of rotatable bonds is 6. The van der Waals surface area contributed by atoms with Crippen LogP contribution >= 0.6 is 0 Å². The van der Waals surface area contributed by atoms with Crippen LogP contribution in [-0.2, 0) is 30.5 Å². The Balaban J connectivity index is 1.25. The minimum atomic E-state index is -1.54. The number of cyclic esters (lactones) is 1. The number of benzene rings is 3. The van der Waals surface area contributed by atoms with Crippen molar-refractivity contribution in [1.82, 2.24) is 20.4 Å². The number of hydrogen-bond acceptors (Lipinski definition) is 8. The molecular weight excluding hydrogens is 592 g/mol. The fourth-order valence-corrected chi connectivity index (χ4v) is 6.15. The second-order valence-corrected chi connectivity index (χ2v) is 11.6. The van der Waals surface area contributed by atoms with Gasteiger partial charge >= 0.3 is 12.1 Å². The Morgan fingerprint density at radius 1 is 0.891 bits per heavy atom. The van der Waals surface area contributed by atoms with Crippen molar-refractivity contribution in [3.8, 4) is 0 Å². The molecule has 2 saturated heterocycles. The zero-order valence-corrected chi connectivity index (χ0v) is 24.9. The fraction of sp³-hybridized carbons (Fsp3) is 0.324. The van der Waals surface area contributed by atoms with Gasteiger partial charge < -0.3 is 35.0 Å². The molecule has 2 fully saturated rings. The number of amides is 4. The number of nitrogens with zero attached hydrogens (tertiary/aromatic N) is 2. The lowest BCUT2D eigenvalue weighted by atomic mass is 9.96. The molecule has 0 spiro atoms. The Morgan fingerprint density at radius 2 is 1.63 bits per heavy atom. The summed E-state index contributed by atoms with van der Waals surface area (Å²) in [4.78, 5) is 69.4. The van der Waals surface area contributed by atoms with Crippen molar-refractivity contribution in [2.75, 3.05) is 13.1 Å². The molecule has 0 aliphatic carbocycles. The molecule has 4 amide bonds. The van der Waals surface area contributed by atoms with E-state index in [1.807, 2.05) is 72.8 Å². The van der Waals surface area contributed by atoms with Gasteiger partial charge in [0.05, 0.1) is 19.0 Å². The lowest BCUT2D eigenvalue weighted by Gasteiger charge is -2.47. The van der Waals surface area contributed by atoms with E-state index in [1.54, 1.807) is 12.1 Å². The number of esters is 1. The Morgan fingerprint density at radius 3 is 2.41 bits per heavy atom. The quantitative estimate of drug-likeness (QED) is 0.278. The zero-order chi connectivity index (χ0) is 32.2. The van der Waals surface area contributed by atoms with Crippen LogP contribution in [0, 0.1) is 0 Å². The predicted octanol–water partition coefficient (Wildman–Crippen LogP) is 2.26. The Kier molecular flexibility index (Phi) is 8.97. The zero-order valence-electron chi connectivity index (χ0n) is 24.9. The Labute approximate surface area is 264 Å². The largest absolute Gasteiger partial charge is 0.445 e. The smallest absolute Gasteiger partial charge is 0.410 e. The van der Waals surface area contributed by atoms with Crippen LogP contribution in [0.2, 0.25) is 0 Å². The molecule has 0 saturated carbocycles. The summed E-state index contributed by atoms with van der Waals surface area (Å²) in [6.07, 6.45) is 1.77. The highest BCUT2D eigenvalue weighted by atomic mass is 16.6. The maximum atomic E-state index is 14.3. The van der Waals surface area contributed by atoms with E-state index in [2.05, 4.69) is 10.6 Å². The van der Waals surface area contributed by atoms with Crippen molar-refractivity contribution in [2.24, 2.45) is 0 Å². The van der Waals surface area contributed by atoms with Crippen molar-refractivity contribution in [2.45, 2.75) is 56.3 Å². The van der Waals surface area contributed by atoms with Gasteiger partial charge in [-0.05, 0) is 35.2 Å². The highest BCUT2D eigenvalue weighted by Crippen LogP contribution is 2.26. The standard InChI is InChI=1S/C34H34N4O8/c39-29-17-27(33(43)46-29)36-31(41)28-19-37(34(44)45-20-21-9-2-1-3-10-21)18-23-13-5-7-16-26(32(42)38(23)28)35-30(40)25-15-8-12-22-11-4-6-14-24(22)25/h1-12,14-15,23,26-28,33,43H,13,16-20H2,(H,35,40)(H,36,41)/t23-,26-,27?,28-,33?/m0/s1. The summed E-state index contributed by atoms with van der Waals surface area (Å²) in [6, 6.07) is 18.1. The maximum Gasteiger partial charge on any atom is 0.410 e. The SMILES string of the molecule is O=C1CC(NC(=O)[C@@H]2CN(C(=O)OCc3ccccc3)C[C@@H]3CC=CC[C@H](NC(=O)c4cccc5ccccc45)C(=O)N32)C(O)O1. The molecule has 3 aromatic rings. The molecule has 3 N–H and O–H groups in total. The highest BCUT2D eigenvalue weighted by molar-refractivity contribution is 6.08. The fourth-order valence-electron chi connectivity index (χ4n) is 6.15. The van der Waals surface area contributed by atoms with E-state index in [0.717, 1.165) is 16.3 Å². The normalized spacial score (nSPS) is 24.4. The average molecular weight is 627 g/mol. The molecular formula is C34H34N4O8. The van der Waals surface area contributed by atoms with Gasteiger partial charge in [0.2, 0.25) is 18.1 Å². The van der Waals surface area contributed by atoms with Gasteiger partial charge in [-0.25, -0.2) is 4.79 Å². The van der Waals surface area contributed by atoms with Crippen LogP contribution < -0.4 is 10.6 Å². The van der Waals surface area contributed by atoms with Crippen molar-refractivity contribution in [1.29, 1.82) is 0 Å². The van der Waals surface area contributed by atoms with Gasteiger partial charge in [-0.15, -0.1) is 0 Å². The van der Waals surface area contributed by atoms with Gasteiger partial charge in [0.25, 0.3) is 5.91 Å². The first-order chi connectivity index (χ1) is 22.3. The summed E-state index contributed by atoms with van der Waals surface area (Å²) in [7, 11) is 0. The van der Waals surface area contributed by atoms with E-state index in [1.165, 1.54) is 9.80 Å². The summed E-state index contributed by atoms with van der Waals surface area (Å²) in [5.41, 5.74) is 1.20. The molecule has 238 valence electrons. The average Bonchev–Trinajstić information content (AvgIpc) is 3.38. The van der Waals surface area contributed by atoms with Crippen LogP contribution in [0.15, 0.2) is 84.9 Å². The second kappa shape index (κ2) is 13.4. The summed E-state index contributed by atoms with van der Waals surface area (Å²) >= 11 is 0. The van der Waals surface area contributed by atoms with E-state index in [-0.39, 0.29) is 32.5 Å². The molecule has 3 heterocycles. The molecule has 3 aromatic carbocycles. The molecule has 0 bridgehead atoms. The first-order valence-electron chi connectivity index (χ1n) is 15.2. The van der Waals surface area contributed by atoms with Gasteiger partial charge in [-0.2, -0.15) is 0 Å². The first-order valence-corrected chi connectivity index (χ1v) is 15.2. The molecule has 12 nitrogen and oxygen atoms in total. The number of carbonyl (C=O) groups is 5. The predicted molar refractivity (Wildman–Crippen MR) is 165 cm³/mol. The number of aliphatic hydroxyl groups is 1. The number of hydrogen-bond donors (Lipinski definition) is 3. The van der Waals surface area contributed by atoms with Crippen LogP contribution in [0.3, 0.4) is 0 Å². The molecule has 0 radical (unpaired) electrons. The topological polar surface area (TPSA) is 155 Å². The molecule has 3 aliphatic heterocycles. The van der Waals surface area contributed by atoms with Crippen LogP contribution in [-0.4, -0.2) is 88.2 Å². The van der Waals surface area contributed by atoms with Crippen molar-refractivity contribution >= 4 is 40.6 Å². The maximum absolute atomic E-state index is 14.3. The van der Waals surface area contributed by atoms with Gasteiger partial charge in [0.1, 0.15) is 24.7 Å². The minimum Gasteiger partial charge on any atom is -0.445 e. The number of piperazine rings is 1. The number of fused-ring (bicyclic) bond motifs is 2. The monoisotopic (exact) mass is 626 g/mol. The van der Waals surface area contributed by atoms with Gasteiger partial charge in [0, 0.05) is 12.1 Å². The Bertz CT molecular complexity index is 1670. The highest BCUT2D eigenvalue weighted by Gasteiger charge is 2.46. The van der Waals surface area contributed by atoms with Crippen molar-refractivity contribution < 1.29 is 38.6 Å². The molecule has 2 unspecified atom stereocenters. The van der Waals surface area contributed by atoms with E-state index in [0.29, 0.717) is 12.0 Å². The molecule has 6 rings (SSSR count). The lowest BCUT2D eigenvalue weighted by molar-refractivity contribution is -0.156. The summed E-state index contributed by atoms with van der Waals surface area (Å²) in [5, 5.41) is 17.2. The number of nitrogens with one attached hydrogen (secondary N) is 2. The third kappa shape index (κ3) is 6.57. The van der Waals surface area contributed by atoms with E-state index in [9.17, 15) is 29.1 Å². The number of ether oxygens (including phenoxy) is 2. The second-order valence-electron chi connectivity index (χ2n) is 11.6. The number of carbonyl (C=O) groups excluding carboxylic acids is 5. The number of aliphatic hydroxyl groups excluding tert-OH is 1. The van der Waals surface area contributed by atoms with Crippen LogP contribution in [0.5, 0.6) is 0 Å². The lowest BCUT2D eigenvalue weighted by Crippen LogP contribution is -2.68. The molecule has 46 heavy (non-hydrogen) atoms.